The highest BCUT2D eigenvalue weighted by atomic mass is 19.1. The predicted octanol–water partition coefficient (Wildman–Crippen LogP) is 6.09. The van der Waals surface area contributed by atoms with Gasteiger partial charge in [-0.2, -0.15) is 0 Å². The van der Waals surface area contributed by atoms with Crippen molar-refractivity contribution < 1.29 is 9.18 Å². The first-order chi connectivity index (χ1) is 15.9. The molecular weight excluding hydrogens is 413 g/mol. The first kappa shape index (κ1) is 21.9. The van der Waals surface area contributed by atoms with Crippen molar-refractivity contribution in [3.05, 3.63) is 70.7 Å². The lowest BCUT2D eigenvalue weighted by Crippen LogP contribution is -2.32. The number of H-pyrrole nitrogens is 1. The molecule has 2 aliphatic heterocycles. The largest absolute Gasteiger partial charge is 0.358 e. The van der Waals surface area contributed by atoms with Crippen molar-refractivity contribution >= 4 is 28.1 Å². The van der Waals surface area contributed by atoms with Gasteiger partial charge >= 0.3 is 0 Å². The molecule has 0 spiro atoms. The highest BCUT2D eigenvalue weighted by Gasteiger charge is 2.43. The zero-order valence-corrected chi connectivity index (χ0v) is 19.7. The van der Waals surface area contributed by atoms with Crippen molar-refractivity contribution in [3.8, 4) is 0 Å². The summed E-state index contributed by atoms with van der Waals surface area (Å²) in [5.74, 6) is -0.432. The molecule has 3 aromatic rings. The van der Waals surface area contributed by atoms with Gasteiger partial charge < -0.3 is 10.3 Å². The molecule has 0 saturated carbocycles. The number of fused-ring (bicyclic) bond motifs is 2. The lowest BCUT2D eigenvalue weighted by atomic mass is 9.79. The second kappa shape index (κ2) is 8.45. The van der Waals surface area contributed by atoms with Gasteiger partial charge in [-0.05, 0) is 75.4 Å². The van der Waals surface area contributed by atoms with Crippen LogP contribution >= 0.6 is 0 Å². The van der Waals surface area contributed by atoms with Crippen molar-refractivity contribution in [2.24, 2.45) is 0 Å². The number of aryl methyl sites for hydroxylation is 2. The fraction of sp³-hybridized carbons (Fsp3) is 0.393. The molecule has 5 heteroatoms. The van der Waals surface area contributed by atoms with E-state index in [1.54, 1.807) is 6.07 Å². The Hall–Kier alpha value is -2.92. The molecule has 0 aliphatic carbocycles. The summed E-state index contributed by atoms with van der Waals surface area (Å²) < 4.78 is 14.1. The van der Waals surface area contributed by atoms with Crippen molar-refractivity contribution in [1.82, 2.24) is 9.88 Å². The maximum atomic E-state index is 14.1. The van der Waals surface area contributed by atoms with Crippen LogP contribution in [0.2, 0.25) is 0 Å². The number of nitrogens with zero attached hydrogens (tertiary/aromatic N) is 1. The minimum absolute atomic E-state index is 0.0857. The second-order valence-corrected chi connectivity index (χ2v) is 9.86. The van der Waals surface area contributed by atoms with Crippen LogP contribution in [0.15, 0.2) is 42.5 Å². The number of aromatic amines is 1. The second-order valence-electron chi connectivity index (χ2n) is 9.86. The van der Waals surface area contributed by atoms with E-state index in [-0.39, 0.29) is 11.7 Å². The highest BCUT2D eigenvalue weighted by molar-refractivity contribution is 6.06. The molecular formula is C28H32FN3O. The number of nitrogens with one attached hydrogen (secondary N) is 2. The number of para-hydroxylation sites is 1. The van der Waals surface area contributed by atoms with E-state index >= 15 is 0 Å². The van der Waals surface area contributed by atoms with Crippen LogP contribution in [-0.2, 0) is 10.2 Å². The van der Waals surface area contributed by atoms with Gasteiger partial charge in [-0.15, -0.1) is 0 Å². The predicted molar refractivity (Wildman–Crippen MR) is 133 cm³/mol. The third-order valence-corrected chi connectivity index (χ3v) is 7.50. The minimum Gasteiger partial charge on any atom is -0.358 e. The Bertz CT molecular complexity index is 1260. The number of hydrogen-bond acceptors (Lipinski definition) is 2. The summed E-state index contributed by atoms with van der Waals surface area (Å²) in [6, 6.07) is 11.6. The number of halogens is 1. The normalized spacial score (nSPS) is 20.7. The number of carbonyl (C=O) groups is 1. The van der Waals surface area contributed by atoms with Crippen LogP contribution in [0.5, 0.6) is 0 Å². The molecule has 4 nitrogen and oxygen atoms in total. The van der Waals surface area contributed by atoms with Gasteiger partial charge in [-0.25, -0.2) is 4.39 Å². The van der Waals surface area contributed by atoms with Crippen LogP contribution < -0.4 is 5.32 Å². The molecule has 0 saturated heterocycles. The van der Waals surface area contributed by atoms with Gasteiger partial charge in [0.2, 0.25) is 5.91 Å². The Morgan fingerprint density at radius 1 is 1.15 bits per heavy atom. The molecule has 2 N–H and O–H groups in total. The third kappa shape index (κ3) is 3.89. The van der Waals surface area contributed by atoms with Crippen molar-refractivity contribution in [1.29, 1.82) is 0 Å². The summed E-state index contributed by atoms with van der Waals surface area (Å²) in [5, 5.41) is 4.07. The number of benzene rings is 2. The summed E-state index contributed by atoms with van der Waals surface area (Å²) >= 11 is 0. The van der Waals surface area contributed by atoms with Crippen LogP contribution in [-0.4, -0.2) is 35.4 Å². The maximum Gasteiger partial charge on any atom is 0.234 e. The molecule has 1 amide bonds. The van der Waals surface area contributed by atoms with E-state index in [1.807, 2.05) is 13.0 Å². The third-order valence-electron chi connectivity index (χ3n) is 7.50. The first-order valence-corrected chi connectivity index (χ1v) is 12.0. The van der Waals surface area contributed by atoms with Gasteiger partial charge in [0.05, 0.1) is 11.1 Å². The molecule has 1 unspecified atom stereocenters. The standard InChI is InChI=1S/C28H32FN3O/c1-18-9-10-21-24(17-18)30-19(2)25(21)20-11-15-32(16-12-20)14-5-4-13-28(3)22-7-6-8-23(29)26(22)31-27(28)33/h6-11,17,30H,4-5,12-16H2,1-3H3,(H,31,33). The number of hydrogen-bond donors (Lipinski definition) is 2. The van der Waals surface area contributed by atoms with E-state index in [0.717, 1.165) is 50.9 Å². The van der Waals surface area contributed by atoms with Crippen LogP contribution in [0.4, 0.5) is 10.1 Å². The van der Waals surface area contributed by atoms with E-state index in [0.29, 0.717) is 5.69 Å². The van der Waals surface area contributed by atoms with Crippen LogP contribution in [0.1, 0.15) is 55.0 Å². The average molecular weight is 446 g/mol. The van der Waals surface area contributed by atoms with Gasteiger partial charge in [0.25, 0.3) is 0 Å². The van der Waals surface area contributed by atoms with Gasteiger partial charge in [0.1, 0.15) is 5.82 Å². The SMILES string of the molecule is Cc1ccc2c(C3=CCN(CCCCC4(C)C(=O)Nc5c(F)cccc54)CC3)c(C)[nH]c2c1. The lowest BCUT2D eigenvalue weighted by molar-refractivity contribution is -0.120. The molecule has 33 heavy (non-hydrogen) atoms. The number of carbonyl (C=O) groups excluding carboxylic acids is 1. The van der Waals surface area contributed by atoms with Crippen LogP contribution in [0.3, 0.4) is 0 Å². The number of aromatic nitrogens is 1. The molecule has 2 aromatic carbocycles. The van der Waals surface area contributed by atoms with Crippen molar-refractivity contribution in [2.45, 2.75) is 51.9 Å². The summed E-state index contributed by atoms with van der Waals surface area (Å²) in [7, 11) is 0. The Balaban J connectivity index is 1.18. The van der Waals surface area contributed by atoms with Gasteiger partial charge in [-0.1, -0.05) is 36.8 Å². The zero-order valence-electron chi connectivity index (χ0n) is 19.7. The molecule has 0 fully saturated rings. The van der Waals surface area contributed by atoms with E-state index in [9.17, 15) is 9.18 Å². The summed E-state index contributed by atoms with van der Waals surface area (Å²) in [4.78, 5) is 18.6. The van der Waals surface area contributed by atoms with Crippen molar-refractivity contribution in [3.63, 3.8) is 0 Å². The Kier molecular flexibility index (Phi) is 5.61. The Labute approximate surface area is 194 Å². The van der Waals surface area contributed by atoms with E-state index < -0.39 is 5.41 Å². The molecule has 2 aliphatic rings. The molecule has 1 atom stereocenters. The Morgan fingerprint density at radius 2 is 2.00 bits per heavy atom. The number of amides is 1. The summed E-state index contributed by atoms with van der Waals surface area (Å²) in [6.07, 6.45) is 6.13. The fourth-order valence-electron chi connectivity index (χ4n) is 5.55. The number of anilines is 1. The topological polar surface area (TPSA) is 48.1 Å². The molecule has 0 bridgehead atoms. The van der Waals surface area contributed by atoms with E-state index in [2.05, 4.69) is 53.3 Å². The maximum absolute atomic E-state index is 14.1. The molecule has 0 radical (unpaired) electrons. The smallest absolute Gasteiger partial charge is 0.234 e. The summed E-state index contributed by atoms with van der Waals surface area (Å²) in [5.41, 5.74) is 7.06. The fourth-order valence-corrected chi connectivity index (χ4v) is 5.55. The van der Waals surface area contributed by atoms with E-state index in [1.165, 1.54) is 39.4 Å². The molecule has 5 rings (SSSR count). The van der Waals surface area contributed by atoms with Crippen LogP contribution in [0.25, 0.3) is 16.5 Å². The monoisotopic (exact) mass is 445 g/mol. The van der Waals surface area contributed by atoms with Crippen LogP contribution in [0, 0.1) is 19.7 Å². The zero-order chi connectivity index (χ0) is 23.2. The minimum atomic E-state index is -0.641. The summed E-state index contributed by atoms with van der Waals surface area (Å²) in [6.45, 7) is 9.26. The quantitative estimate of drug-likeness (QED) is 0.451. The van der Waals surface area contributed by atoms with E-state index in [4.69, 9.17) is 0 Å². The first-order valence-electron chi connectivity index (χ1n) is 12.0. The molecule has 3 heterocycles. The molecule has 1 aromatic heterocycles. The average Bonchev–Trinajstić information content (AvgIpc) is 3.25. The Morgan fingerprint density at radius 3 is 2.79 bits per heavy atom. The van der Waals surface area contributed by atoms with Gasteiger partial charge in [0, 0.05) is 35.2 Å². The molecule has 172 valence electrons. The number of unbranched alkanes of at least 4 members (excludes halogenated alkanes) is 1. The van der Waals surface area contributed by atoms with Gasteiger partial charge in [0.15, 0.2) is 0 Å². The lowest BCUT2D eigenvalue weighted by Gasteiger charge is -2.27. The van der Waals surface area contributed by atoms with Crippen molar-refractivity contribution in [2.75, 3.05) is 25.0 Å². The number of rotatable bonds is 6. The highest BCUT2D eigenvalue weighted by Crippen LogP contribution is 2.42. The van der Waals surface area contributed by atoms with Gasteiger partial charge in [-0.3, -0.25) is 9.69 Å².